The Hall–Kier alpha value is -0.430. The smallest absolute Gasteiger partial charge is 0.241 e. The molecule has 0 fully saturated rings. The fourth-order valence-electron chi connectivity index (χ4n) is 2.07. The van der Waals surface area contributed by atoms with Crippen LogP contribution in [0, 0.1) is 0 Å². The highest BCUT2D eigenvalue weighted by Gasteiger charge is 2.17. The Morgan fingerprint density at radius 2 is 1.81 bits per heavy atom. The van der Waals surface area contributed by atoms with E-state index < -0.39 is 10.0 Å². The molecule has 0 unspecified atom stereocenters. The van der Waals surface area contributed by atoms with E-state index in [1.165, 1.54) is 25.7 Å². The third-order valence-electron chi connectivity index (χ3n) is 3.34. The van der Waals surface area contributed by atoms with Crippen LogP contribution in [0.15, 0.2) is 27.6 Å². The van der Waals surface area contributed by atoms with E-state index in [1.807, 2.05) is 6.07 Å². The van der Waals surface area contributed by atoms with Crippen molar-refractivity contribution in [3.63, 3.8) is 0 Å². The van der Waals surface area contributed by atoms with E-state index in [-0.39, 0.29) is 4.90 Å². The first kappa shape index (κ1) is 18.6. The third-order valence-corrected chi connectivity index (χ3v) is 5.80. The molecule has 0 saturated carbocycles. The molecule has 1 aromatic rings. The molecule has 0 atom stereocenters. The Morgan fingerprint density at radius 1 is 1.14 bits per heavy atom. The van der Waals surface area contributed by atoms with Crippen molar-refractivity contribution in [2.24, 2.45) is 5.73 Å². The van der Waals surface area contributed by atoms with Gasteiger partial charge in [-0.25, -0.2) is 13.1 Å². The second-order valence-electron chi connectivity index (χ2n) is 5.13. The zero-order chi connectivity index (χ0) is 15.7. The number of hydrogen-bond acceptors (Lipinski definition) is 3. The summed E-state index contributed by atoms with van der Waals surface area (Å²) >= 11 is 3.29. The van der Waals surface area contributed by atoms with Crippen LogP contribution >= 0.6 is 15.9 Å². The van der Waals surface area contributed by atoms with Gasteiger partial charge in [0.1, 0.15) is 0 Å². The lowest BCUT2D eigenvalue weighted by atomic mass is 10.1. The zero-order valence-corrected chi connectivity index (χ0v) is 15.0. The molecule has 0 aromatic heterocycles. The van der Waals surface area contributed by atoms with E-state index in [2.05, 4.69) is 27.6 Å². The van der Waals surface area contributed by atoms with Crippen molar-refractivity contribution < 1.29 is 8.42 Å². The van der Waals surface area contributed by atoms with Gasteiger partial charge < -0.3 is 5.73 Å². The number of hydrogen-bond donors (Lipinski definition) is 2. The summed E-state index contributed by atoms with van der Waals surface area (Å²) in [6, 6.07) is 5.16. The van der Waals surface area contributed by atoms with E-state index in [0.29, 0.717) is 17.6 Å². The molecule has 4 nitrogen and oxygen atoms in total. The van der Waals surface area contributed by atoms with Gasteiger partial charge in [0.2, 0.25) is 10.0 Å². The van der Waals surface area contributed by atoms with Gasteiger partial charge in [-0.1, -0.05) is 45.1 Å². The summed E-state index contributed by atoms with van der Waals surface area (Å²) in [5.41, 5.74) is 6.36. The first-order valence-corrected chi connectivity index (χ1v) is 9.77. The number of nitrogens with two attached hydrogens (primary N) is 1. The molecular weight excluding hydrogens is 352 g/mol. The maximum atomic E-state index is 12.3. The van der Waals surface area contributed by atoms with E-state index in [0.717, 1.165) is 18.4 Å². The molecule has 0 radical (unpaired) electrons. The Balaban J connectivity index is 2.50. The molecule has 21 heavy (non-hydrogen) atoms. The molecule has 0 aliphatic rings. The lowest BCUT2D eigenvalue weighted by molar-refractivity contribution is 0.567. The van der Waals surface area contributed by atoms with Crippen molar-refractivity contribution in [2.45, 2.75) is 56.9 Å². The number of rotatable bonds is 10. The van der Waals surface area contributed by atoms with Crippen molar-refractivity contribution in [3.05, 3.63) is 28.2 Å². The minimum atomic E-state index is -3.47. The van der Waals surface area contributed by atoms with Gasteiger partial charge in [0.25, 0.3) is 0 Å². The summed E-state index contributed by atoms with van der Waals surface area (Å²) < 4.78 is 27.8. The molecule has 0 aliphatic heterocycles. The molecule has 0 bridgehead atoms. The molecule has 1 aromatic carbocycles. The lowest BCUT2D eigenvalue weighted by Gasteiger charge is -2.10. The number of sulfonamides is 1. The van der Waals surface area contributed by atoms with Crippen LogP contribution in [0.3, 0.4) is 0 Å². The highest BCUT2D eigenvalue weighted by molar-refractivity contribution is 9.10. The van der Waals surface area contributed by atoms with Crippen molar-refractivity contribution in [2.75, 3.05) is 6.54 Å². The third kappa shape index (κ3) is 6.46. The summed E-state index contributed by atoms with van der Waals surface area (Å²) in [4.78, 5) is 0.261. The minimum absolute atomic E-state index is 0.261. The SMILES string of the molecule is CCCCCCCCNS(=O)(=O)c1cc(CN)ccc1Br. The molecule has 6 heteroatoms. The van der Waals surface area contributed by atoms with Crippen molar-refractivity contribution in [1.29, 1.82) is 0 Å². The van der Waals surface area contributed by atoms with Gasteiger partial charge in [-0.2, -0.15) is 0 Å². The highest BCUT2D eigenvalue weighted by atomic mass is 79.9. The van der Waals surface area contributed by atoms with E-state index in [4.69, 9.17) is 5.73 Å². The average Bonchev–Trinajstić information content (AvgIpc) is 2.46. The summed E-state index contributed by atoms with van der Waals surface area (Å²) in [5.74, 6) is 0. The molecule has 0 saturated heterocycles. The standard InChI is InChI=1S/C15H25BrN2O2S/c1-2-3-4-5-6-7-10-18-21(19,20)15-11-13(12-17)8-9-14(15)16/h8-9,11,18H,2-7,10,12,17H2,1H3. The first-order valence-electron chi connectivity index (χ1n) is 7.49. The molecule has 0 aliphatic carbocycles. The number of nitrogens with one attached hydrogen (secondary N) is 1. The fourth-order valence-corrected chi connectivity index (χ4v) is 4.16. The van der Waals surface area contributed by atoms with E-state index in [1.54, 1.807) is 12.1 Å². The summed E-state index contributed by atoms with van der Waals surface area (Å²) in [7, 11) is -3.47. The van der Waals surface area contributed by atoms with Gasteiger partial charge in [-0.3, -0.25) is 0 Å². The first-order chi connectivity index (χ1) is 10.0. The minimum Gasteiger partial charge on any atom is -0.326 e. The summed E-state index contributed by atoms with van der Waals surface area (Å²) in [6.45, 7) is 2.99. The van der Waals surface area contributed by atoms with Crippen molar-refractivity contribution in [1.82, 2.24) is 4.72 Å². The molecule has 0 heterocycles. The quantitative estimate of drug-likeness (QED) is 0.613. The van der Waals surface area contributed by atoms with Crippen LogP contribution in [0.4, 0.5) is 0 Å². The largest absolute Gasteiger partial charge is 0.326 e. The second-order valence-corrected chi connectivity index (χ2v) is 7.72. The predicted octanol–water partition coefficient (Wildman–Crippen LogP) is 3.55. The van der Waals surface area contributed by atoms with Gasteiger partial charge >= 0.3 is 0 Å². The zero-order valence-electron chi connectivity index (χ0n) is 12.6. The predicted molar refractivity (Wildman–Crippen MR) is 90.6 cm³/mol. The summed E-state index contributed by atoms with van der Waals surface area (Å²) in [6.07, 6.45) is 6.81. The van der Waals surface area contributed by atoms with Crippen LogP contribution in [0.25, 0.3) is 0 Å². The van der Waals surface area contributed by atoms with Crippen molar-refractivity contribution >= 4 is 26.0 Å². The van der Waals surface area contributed by atoms with Crippen LogP contribution in [-0.4, -0.2) is 15.0 Å². The molecule has 120 valence electrons. The molecule has 0 amide bonds. The summed E-state index contributed by atoms with van der Waals surface area (Å²) in [5, 5.41) is 0. The maximum Gasteiger partial charge on any atom is 0.241 e. The maximum absolute atomic E-state index is 12.3. The fraction of sp³-hybridized carbons (Fsp3) is 0.600. The van der Waals surface area contributed by atoms with Crippen LogP contribution in [0.5, 0.6) is 0 Å². The average molecular weight is 377 g/mol. The number of benzene rings is 1. The number of halogens is 1. The van der Waals surface area contributed by atoms with Crippen LogP contribution < -0.4 is 10.5 Å². The van der Waals surface area contributed by atoms with Crippen LogP contribution in [-0.2, 0) is 16.6 Å². The lowest BCUT2D eigenvalue weighted by Crippen LogP contribution is -2.25. The second kappa shape index (κ2) is 9.56. The Labute approximate surface area is 136 Å². The van der Waals surface area contributed by atoms with Crippen molar-refractivity contribution in [3.8, 4) is 0 Å². The normalized spacial score (nSPS) is 11.8. The monoisotopic (exact) mass is 376 g/mol. The van der Waals surface area contributed by atoms with E-state index in [9.17, 15) is 8.42 Å². The van der Waals surface area contributed by atoms with Gasteiger partial charge in [0, 0.05) is 17.6 Å². The topological polar surface area (TPSA) is 72.2 Å². The number of unbranched alkanes of at least 4 members (excludes halogenated alkanes) is 5. The Morgan fingerprint density at radius 3 is 2.48 bits per heavy atom. The van der Waals surface area contributed by atoms with Gasteiger partial charge in [0.05, 0.1) is 4.90 Å². The van der Waals surface area contributed by atoms with Crippen LogP contribution in [0.2, 0.25) is 0 Å². The van der Waals surface area contributed by atoms with Crippen LogP contribution in [0.1, 0.15) is 51.0 Å². The molecule has 1 rings (SSSR count). The Kier molecular flexibility index (Phi) is 8.48. The Bertz CT molecular complexity index is 532. The highest BCUT2D eigenvalue weighted by Crippen LogP contribution is 2.23. The van der Waals surface area contributed by atoms with Gasteiger partial charge in [-0.15, -0.1) is 0 Å². The molecule has 0 spiro atoms. The van der Waals surface area contributed by atoms with Gasteiger partial charge in [0.15, 0.2) is 0 Å². The molecule has 3 N–H and O–H groups in total. The molecular formula is C15H25BrN2O2S. The van der Waals surface area contributed by atoms with Gasteiger partial charge in [-0.05, 0) is 40.0 Å². The van der Waals surface area contributed by atoms with E-state index >= 15 is 0 Å².